The van der Waals surface area contributed by atoms with Crippen LogP contribution in [-0.4, -0.2) is 122 Å². The molecule has 11 nitrogen and oxygen atoms in total. The Morgan fingerprint density at radius 3 is 1.59 bits per heavy atom. The minimum absolute atomic E-state index is 0.492. The highest BCUT2D eigenvalue weighted by Crippen LogP contribution is 2.42. The van der Waals surface area contributed by atoms with Crippen molar-refractivity contribution >= 4 is 25.3 Å². The van der Waals surface area contributed by atoms with Crippen LogP contribution in [0.2, 0.25) is 0 Å². The lowest BCUT2D eigenvalue weighted by atomic mass is 9.98. The van der Waals surface area contributed by atoms with Crippen molar-refractivity contribution in [2.24, 2.45) is 0 Å². The van der Waals surface area contributed by atoms with Gasteiger partial charge in [-0.25, -0.2) is 0 Å². The molecule has 0 spiro atoms. The highest BCUT2D eigenvalue weighted by atomic mass is 32.2. The average molecular weight is 534 g/mol. The number of amides is 1. The number of rotatable bonds is 11. The summed E-state index contributed by atoms with van der Waals surface area (Å²) in [6.45, 7) is 20.9. The standard InChI is InChI=1S/C9H18NO8PS.2C6H15N/c1-4(12)10-6-8(14)7(13)5(2-11)18-9(6)20-3-19(15,16)17;2*1-4-7(5-2)6-3/h5-9,11,13-14H,2-3H2,1H3,(H,10,12)(H2,15,16,17);2*4-6H2,1-3H3/t5-,6-,7-,8-,9+;;/m1../s1. The first-order valence-corrected chi connectivity index (χ1v) is 14.7. The molecule has 0 aliphatic carbocycles. The minimum Gasteiger partial charge on any atom is -0.394 e. The summed E-state index contributed by atoms with van der Waals surface area (Å²) in [5.41, 5.74) is -1.57. The molecule has 5 atom stereocenters. The third kappa shape index (κ3) is 15.7. The van der Waals surface area contributed by atoms with Crippen molar-refractivity contribution in [1.82, 2.24) is 15.1 Å². The van der Waals surface area contributed by atoms with Crippen LogP contribution < -0.4 is 5.32 Å². The van der Waals surface area contributed by atoms with Gasteiger partial charge in [-0.2, -0.15) is 0 Å². The summed E-state index contributed by atoms with van der Waals surface area (Å²) >= 11 is 0.697. The number of thioether (sulfide) groups is 1. The number of hydrogen-bond acceptors (Lipinski definition) is 9. The molecule has 34 heavy (non-hydrogen) atoms. The molecule has 6 N–H and O–H groups in total. The van der Waals surface area contributed by atoms with Gasteiger partial charge in [0.25, 0.3) is 0 Å². The van der Waals surface area contributed by atoms with Crippen molar-refractivity contribution in [3.63, 3.8) is 0 Å². The zero-order chi connectivity index (χ0) is 26.9. The van der Waals surface area contributed by atoms with Gasteiger partial charge >= 0.3 is 7.60 Å². The first kappa shape index (κ1) is 35.9. The molecule has 0 aromatic heterocycles. The fourth-order valence-corrected chi connectivity index (χ4v) is 5.15. The lowest BCUT2D eigenvalue weighted by molar-refractivity contribution is -0.173. The van der Waals surface area contributed by atoms with Crippen molar-refractivity contribution in [1.29, 1.82) is 0 Å². The van der Waals surface area contributed by atoms with E-state index in [1.165, 1.54) is 46.2 Å². The van der Waals surface area contributed by atoms with Gasteiger partial charge < -0.3 is 45.0 Å². The molecule has 0 bridgehead atoms. The Morgan fingerprint density at radius 2 is 1.32 bits per heavy atom. The van der Waals surface area contributed by atoms with E-state index in [4.69, 9.17) is 19.6 Å². The van der Waals surface area contributed by atoms with E-state index in [-0.39, 0.29) is 0 Å². The third-order valence-corrected chi connectivity index (χ3v) is 8.02. The van der Waals surface area contributed by atoms with Crippen LogP contribution in [0.1, 0.15) is 48.5 Å². The van der Waals surface area contributed by atoms with Crippen LogP contribution in [0.25, 0.3) is 0 Å². The van der Waals surface area contributed by atoms with Gasteiger partial charge in [-0.05, 0) is 39.3 Å². The first-order valence-electron chi connectivity index (χ1n) is 11.9. The molecule has 1 rings (SSSR count). The lowest BCUT2D eigenvalue weighted by Gasteiger charge is -2.42. The van der Waals surface area contributed by atoms with Gasteiger partial charge in [0.05, 0.1) is 18.1 Å². The summed E-state index contributed by atoms with van der Waals surface area (Å²) in [6.07, 6.45) is -3.92. The van der Waals surface area contributed by atoms with Crippen LogP contribution in [0.5, 0.6) is 0 Å². The summed E-state index contributed by atoms with van der Waals surface area (Å²) in [4.78, 5) is 33.5. The smallest absolute Gasteiger partial charge is 0.335 e. The van der Waals surface area contributed by atoms with E-state index >= 15 is 0 Å². The molecule has 1 aliphatic heterocycles. The summed E-state index contributed by atoms with van der Waals surface area (Å²) in [5.74, 6) is -0.492. The van der Waals surface area contributed by atoms with Gasteiger partial charge in [0, 0.05) is 6.92 Å². The van der Waals surface area contributed by atoms with Crippen molar-refractivity contribution in [2.45, 2.75) is 78.3 Å². The van der Waals surface area contributed by atoms with Crippen molar-refractivity contribution in [2.75, 3.05) is 51.4 Å². The molecule has 1 amide bonds. The number of hydrogen-bond donors (Lipinski definition) is 6. The van der Waals surface area contributed by atoms with Gasteiger partial charge in [0.2, 0.25) is 5.91 Å². The Kier molecular flexibility index (Phi) is 21.0. The minimum atomic E-state index is -4.29. The van der Waals surface area contributed by atoms with E-state index in [1.807, 2.05) is 0 Å². The predicted molar refractivity (Wildman–Crippen MR) is 137 cm³/mol. The average Bonchev–Trinajstić information content (AvgIpc) is 2.79. The maximum absolute atomic E-state index is 11.1. The number of carbonyl (C=O) groups excluding carboxylic acids is 1. The predicted octanol–water partition coefficient (Wildman–Crippen LogP) is 0.495. The molecular formula is C21H48N3O8PS. The van der Waals surface area contributed by atoms with Gasteiger partial charge in [-0.15, -0.1) is 11.8 Å². The second-order valence-corrected chi connectivity index (χ2v) is 10.8. The molecule has 206 valence electrons. The summed E-state index contributed by atoms with van der Waals surface area (Å²) < 4.78 is 16.1. The fourth-order valence-electron chi connectivity index (χ4n) is 3.13. The lowest BCUT2D eigenvalue weighted by Crippen LogP contribution is -2.63. The van der Waals surface area contributed by atoms with Crippen LogP contribution in [0.4, 0.5) is 0 Å². The van der Waals surface area contributed by atoms with E-state index in [1.54, 1.807) is 0 Å². The number of nitrogens with zero attached hydrogens (tertiary/aromatic N) is 2. The second kappa shape index (κ2) is 19.9. The zero-order valence-electron chi connectivity index (χ0n) is 21.8. The fraction of sp³-hybridized carbons (Fsp3) is 0.952. The number of nitrogens with one attached hydrogen (secondary N) is 1. The molecule has 1 aliphatic rings. The molecule has 1 saturated heterocycles. The Bertz CT molecular complexity index is 541. The Hall–Kier alpha value is -0.270. The molecule has 1 fully saturated rings. The van der Waals surface area contributed by atoms with Crippen LogP contribution in [0.15, 0.2) is 0 Å². The highest BCUT2D eigenvalue weighted by Gasteiger charge is 2.45. The summed E-state index contributed by atoms with van der Waals surface area (Å²) in [5, 5.41) is 31.1. The molecule has 0 aromatic carbocycles. The van der Waals surface area contributed by atoms with Crippen LogP contribution in [0, 0.1) is 0 Å². The molecule has 0 unspecified atom stereocenters. The molecule has 0 radical (unpaired) electrons. The van der Waals surface area contributed by atoms with Gasteiger partial charge in [-0.3, -0.25) is 9.36 Å². The van der Waals surface area contributed by atoms with Crippen LogP contribution in [-0.2, 0) is 14.1 Å². The van der Waals surface area contributed by atoms with Crippen molar-refractivity contribution in [3.8, 4) is 0 Å². The van der Waals surface area contributed by atoms with E-state index in [0.29, 0.717) is 11.8 Å². The Balaban J connectivity index is 0. The van der Waals surface area contributed by atoms with E-state index in [2.05, 4.69) is 56.7 Å². The molecule has 1 heterocycles. The third-order valence-electron chi connectivity index (χ3n) is 5.34. The molecule has 0 aromatic rings. The van der Waals surface area contributed by atoms with E-state index < -0.39 is 55.4 Å². The monoisotopic (exact) mass is 533 g/mol. The maximum atomic E-state index is 11.1. The van der Waals surface area contributed by atoms with E-state index in [0.717, 1.165) is 0 Å². The van der Waals surface area contributed by atoms with Crippen molar-refractivity contribution in [3.05, 3.63) is 0 Å². The topological polar surface area (TPSA) is 163 Å². The quantitative estimate of drug-likeness (QED) is 0.205. The normalized spacial score (nSPS) is 24.7. The summed E-state index contributed by atoms with van der Waals surface area (Å²) in [6, 6.07) is -1.04. The highest BCUT2D eigenvalue weighted by molar-refractivity contribution is 8.04. The largest absolute Gasteiger partial charge is 0.394 e. The van der Waals surface area contributed by atoms with E-state index in [9.17, 15) is 19.6 Å². The number of carbonyl (C=O) groups is 1. The summed E-state index contributed by atoms with van der Waals surface area (Å²) in [7, 11) is -4.29. The van der Waals surface area contributed by atoms with Gasteiger partial charge in [0.1, 0.15) is 23.7 Å². The SMILES string of the molecule is CC(=O)N[C@@H]1[C@@H](O)[C@H](O)[C@@H](CO)O[C@H]1SCP(=O)(O)O.CCN(CC)CC.CCN(CC)CC. The second-order valence-electron chi connectivity index (χ2n) is 7.63. The molecule has 0 saturated carbocycles. The van der Waals surface area contributed by atoms with Crippen LogP contribution in [0.3, 0.4) is 0 Å². The van der Waals surface area contributed by atoms with Crippen molar-refractivity contribution < 1.29 is 39.2 Å². The van der Waals surface area contributed by atoms with Crippen LogP contribution >= 0.6 is 19.4 Å². The molecular weight excluding hydrogens is 485 g/mol. The maximum Gasteiger partial charge on any atom is 0.335 e. The zero-order valence-corrected chi connectivity index (χ0v) is 23.5. The number of aliphatic hydroxyl groups is 3. The van der Waals surface area contributed by atoms with Gasteiger partial charge in [-0.1, -0.05) is 41.5 Å². The Morgan fingerprint density at radius 1 is 0.912 bits per heavy atom. The first-order chi connectivity index (χ1) is 15.8. The number of aliphatic hydroxyl groups excluding tert-OH is 3. The van der Waals surface area contributed by atoms with Gasteiger partial charge in [0.15, 0.2) is 0 Å². The Labute approximate surface area is 209 Å². The molecule has 13 heteroatoms. The number of ether oxygens (including phenoxy) is 1.